The largest absolute Gasteiger partial charge is 0.385 e. The fraction of sp³-hybridized carbons (Fsp3) is 0.500. The third kappa shape index (κ3) is 1.13. The molecular weight excluding hydrogens is 128 g/mol. The molecule has 0 aromatic rings. The van der Waals surface area contributed by atoms with Gasteiger partial charge < -0.3 is 10.2 Å². The lowest BCUT2D eigenvalue weighted by atomic mass is 9.89. The fourth-order valence-electron chi connectivity index (χ4n) is 1.04. The molecule has 0 spiro atoms. The molecule has 0 bridgehead atoms. The summed E-state index contributed by atoms with van der Waals surface area (Å²) in [5.41, 5.74) is -0.286. The molecule has 56 valence electrons. The van der Waals surface area contributed by atoms with E-state index in [2.05, 4.69) is 0 Å². The molecule has 2 atom stereocenters. The quantitative estimate of drug-likeness (QED) is 0.517. The number of hydrogen-bond acceptors (Lipinski definition) is 2. The Bertz CT molecular complexity index is 189. The van der Waals surface area contributed by atoms with Crippen LogP contribution >= 0.6 is 0 Å². The molecule has 0 aromatic carbocycles. The van der Waals surface area contributed by atoms with Gasteiger partial charge in [-0.25, -0.2) is 0 Å². The van der Waals surface area contributed by atoms with Crippen molar-refractivity contribution in [2.75, 3.05) is 0 Å². The summed E-state index contributed by atoms with van der Waals surface area (Å²) in [4.78, 5) is 0. The highest BCUT2D eigenvalue weighted by molar-refractivity contribution is 5.27. The minimum Gasteiger partial charge on any atom is -0.385 e. The van der Waals surface area contributed by atoms with E-state index in [1.807, 2.05) is 0 Å². The maximum absolute atomic E-state index is 9.44. The zero-order chi connectivity index (χ0) is 7.78. The van der Waals surface area contributed by atoms with Crippen molar-refractivity contribution in [2.45, 2.75) is 25.6 Å². The summed E-state index contributed by atoms with van der Waals surface area (Å²) in [7, 11) is 0. The molecule has 10 heavy (non-hydrogen) atoms. The van der Waals surface area contributed by atoms with Gasteiger partial charge in [0.1, 0.15) is 11.7 Å². The normalized spacial score (nSPS) is 39.6. The topological polar surface area (TPSA) is 40.5 Å². The Labute approximate surface area is 60.5 Å². The van der Waals surface area contributed by atoms with Gasteiger partial charge in [-0.15, -0.1) is 0 Å². The smallest absolute Gasteiger partial charge is 0.110 e. The second-order valence-electron chi connectivity index (χ2n) is 2.90. The van der Waals surface area contributed by atoms with Gasteiger partial charge in [-0.3, -0.25) is 0 Å². The Morgan fingerprint density at radius 2 is 2.20 bits per heavy atom. The van der Waals surface area contributed by atoms with Crippen LogP contribution < -0.4 is 0 Å². The van der Waals surface area contributed by atoms with Crippen LogP contribution in [0.25, 0.3) is 0 Å². The zero-order valence-electron chi connectivity index (χ0n) is 6.20. The lowest BCUT2D eigenvalue weighted by Crippen LogP contribution is -2.39. The third-order valence-electron chi connectivity index (χ3n) is 1.78. The minimum atomic E-state index is -1.08. The van der Waals surface area contributed by atoms with E-state index in [1.54, 1.807) is 32.1 Å². The van der Waals surface area contributed by atoms with Crippen molar-refractivity contribution < 1.29 is 10.2 Å². The summed E-state index contributed by atoms with van der Waals surface area (Å²) < 4.78 is 0. The highest BCUT2D eigenvalue weighted by atomic mass is 16.3. The monoisotopic (exact) mass is 140 g/mol. The van der Waals surface area contributed by atoms with Crippen LogP contribution in [0.5, 0.6) is 0 Å². The Morgan fingerprint density at radius 1 is 1.60 bits per heavy atom. The number of hydrogen-bond donors (Lipinski definition) is 2. The summed E-state index contributed by atoms with van der Waals surface area (Å²) in [6, 6.07) is 0. The molecule has 2 N–H and O–H groups in total. The van der Waals surface area contributed by atoms with E-state index >= 15 is 0 Å². The average Bonchev–Trinajstić information content (AvgIpc) is 1.83. The summed E-state index contributed by atoms with van der Waals surface area (Å²) in [6.45, 7) is 3.38. The van der Waals surface area contributed by atoms with Crippen molar-refractivity contribution in [3.05, 3.63) is 23.8 Å². The van der Waals surface area contributed by atoms with E-state index in [9.17, 15) is 10.2 Å². The van der Waals surface area contributed by atoms with Crippen LogP contribution in [-0.2, 0) is 0 Å². The lowest BCUT2D eigenvalue weighted by Gasteiger charge is -2.28. The molecule has 0 amide bonds. The maximum atomic E-state index is 9.44. The zero-order valence-corrected chi connectivity index (χ0v) is 6.20. The molecule has 0 heterocycles. The SMILES string of the molecule is CC1=CC=CC(C)(O)C1O. The van der Waals surface area contributed by atoms with Crippen LogP contribution in [0, 0.1) is 0 Å². The van der Waals surface area contributed by atoms with Gasteiger partial charge in [0.05, 0.1) is 0 Å². The number of aliphatic hydroxyl groups excluding tert-OH is 1. The predicted octanol–water partition coefficient (Wildman–Crippen LogP) is 0.614. The molecule has 1 rings (SSSR count). The average molecular weight is 140 g/mol. The van der Waals surface area contributed by atoms with E-state index in [0.29, 0.717) is 0 Å². The number of allylic oxidation sites excluding steroid dienone is 2. The van der Waals surface area contributed by atoms with Crippen molar-refractivity contribution in [3.8, 4) is 0 Å². The van der Waals surface area contributed by atoms with Gasteiger partial charge in [0.25, 0.3) is 0 Å². The first kappa shape index (κ1) is 7.51. The van der Waals surface area contributed by atoms with Crippen LogP contribution in [0.15, 0.2) is 23.8 Å². The second-order valence-corrected chi connectivity index (χ2v) is 2.90. The summed E-state index contributed by atoms with van der Waals surface area (Å²) in [5, 5.41) is 18.8. The standard InChI is InChI=1S/C8H12O2/c1-6-4-3-5-8(2,10)7(6)9/h3-5,7,9-10H,1-2H3. The fourth-order valence-corrected chi connectivity index (χ4v) is 1.04. The van der Waals surface area contributed by atoms with Gasteiger partial charge in [0.15, 0.2) is 0 Å². The van der Waals surface area contributed by atoms with Gasteiger partial charge >= 0.3 is 0 Å². The first-order valence-electron chi connectivity index (χ1n) is 3.30. The molecule has 0 saturated heterocycles. The molecule has 2 heteroatoms. The van der Waals surface area contributed by atoms with Gasteiger partial charge in [-0.05, 0) is 19.4 Å². The number of rotatable bonds is 0. The molecule has 1 aliphatic carbocycles. The molecule has 0 fully saturated rings. The maximum Gasteiger partial charge on any atom is 0.110 e. The van der Waals surface area contributed by atoms with Gasteiger partial charge in [0.2, 0.25) is 0 Å². The Balaban J connectivity index is 2.89. The van der Waals surface area contributed by atoms with Crippen LogP contribution in [0.1, 0.15) is 13.8 Å². The summed E-state index contributed by atoms with van der Waals surface area (Å²) in [6.07, 6.45) is 4.38. The van der Waals surface area contributed by atoms with E-state index in [4.69, 9.17) is 0 Å². The lowest BCUT2D eigenvalue weighted by molar-refractivity contribution is -0.00706. The van der Waals surface area contributed by atoms with Crippen molar-refractivity contribution in [1.29, 1.82) is 0 Å². The number of aliphatic hydroxyl groups is 2. The van der Waals surface area contributed by atoms with Crippen molar-refractivity contribution in [1.82, 2.24) is 0 Å². The van der Waals surface area contributed by atoms with Crippen LogP contribution in [-0.4, -0.2) is 21.9 Å². The van der Waals surface area contributed by atoms with Crippen molar-refractivity contribution in [2.24, 2.45) is 0 Å². The highest BCUT2D eigenvalue weighted by Gasteiger charge is 2.29. The van der Waals surface area contributed by atoms with Crippen molar-refractivity contribution in [3.63, 3.8) is 0 Å². The first-order valence-corrected chi connectivity index (χ1v) is 3.30. The van der Waals surface area contributed by atoms with Gasteiger partial charge in [-0.1, -0.05) is 18.2 Å². The Hall–Kier alpha value is -0.600. The van der Waals surface area contributed by atoms with Crippen molar-refractivity contribution >= 4 is 0 Å². The summed E-state index contributed by atoms with van der Waals surface area (Å²) >= 11 is 0. The molecule has 0 saturated carbocycles. The molecule has 0 radical (unpaired) electrons. The minimum absolute atomic E-state index is 0.752. The van der Waals surface area contributed by atoms with Crippen LogP contribution in [0.4, 0.5) is 0 Å². The van der Waals surface area contributed by atoms with E-state index in [-0.39, 0.29) is 0 Å². The molecule has 2 unspecified atom stereocenters. The highest BCUT2D eigenvalue weighted by Crippen LogP contribution is 2.22. The van der Waals surface area contributed by atoms with E-state index < -0.39 is 11.7 Å². The first-order chi connectivity index (χ1) is 4.54. The molecule has 0 aromatic heterocycles. The molecule has 0 aliphatic heterocycles. The predicted molar refractivity (Wildman–Crippen MR) is 39.5 cm³/mol. The van der Waals surface area contributed by atoms with Gasteiger partial charge in [-0.2, -0.15) is 0 Å². The Morgan fingerprint density at radius 3 is 2.60 bits per heavy atom. The van der Waals surface area contributed by atoms with E-state index in [1.165, 1.54) is 0 Å². The molecule has 2 nitrogen and oxygen atoms in total. The van der Waals surface area contributed by atoms with Gasteiger partial charge in [0, 0.05) is 0 Å². The second kappa shape index (κ2) is 2.22. The Kier molecular flexibility index (Phi) is 1.67. The van der Waals surface area contributed by atoms with E-state index in [0.717, 1.165) is 5.57 Å². The molecular formula is C8H12O2. The summed E-state index contributed by atoms with van der Waals surface area (Å²) in [5.74, 6) is 0. The van der Waals surface area contributed by atoms with Crippen LogP contribution in [0.3, 0.4) is 0 Å². The third-order valence-corrected chi connectivity index (χ3v) is 1.78. The molecule has 1 aliphatic rings. The van der Waals surface area contributed by atoms with Crippen LogP contribution in [0.2, 0.25) is 0 Å².